The second-order valence-electron chi connectivity index (χ2n) is 7.46. The van der Waals surface area contributed by atoms with Crippen molar-refractivity contribution < 1.29 is 19.0 Å². The Labute approximate surface area is 190 Å². The van der Waals surface area contributed by atoms with E-state index in [0.29, 0.717) is 33.8 Å². The molecule has 1 amide bonds. The Kier molecular flexibility index (Phi) is 5.38. The highest BCUT2D eigenvalue weighted by Gasteiger charge is 2.50. The Bertz CT molecular complexity index is 1100. The summed E-state index contributed by atoms with van der Waals surface area (Å²) in [7, 11) is 0. The van der Waals surface area contributed by atoms with Crippen molar-refractivity contribution in [2.75, 3.05) is 13.3 Å². The number of fused-ring (bicyclic) bond motifs is 1. The first kappa shape index (κ1) is 20.0. The molecule has 3 aromatic carbocycles. The second-order valence-corrected chi connectivity index (χ2v) is 8.33. The Morgan fingerprint density at radius 3 is 2.32 bits per heavy atom. The van der Waals surface area contributed by atoms with Crippen LogP contribution in [0.4, 0.5) is 0 Å². The third-order valence-electron chi connectivity index (χ3n) is 5.52. The van der Waals surface area contributed by atoms with Crippen molar-refractivity contribution >= 4 is 29.1 Å². The molecule has 1 saturated heterocycles. The molecule has 2 aliphatic rings. The fourth-order valence-electron chi connectivity index (χ4n) is 3.89. The Morgan fingerprint density at radius 1 is 0.903 bits per heavy atom. The molecule has 0 radical (unpaired) electrons. The van der Waals surface area contributed by atoms with Gasteiger partial charge < -0.3 is 19.1 Å². The third-order valence-corrected chi connectivity index (χ3v) is 6.02. The van der Waals surface area contributed by atoms with Gasteiger partial charge in [0.25, 0.3) is 5.91 Å². The smallest absolute Gasteiger partial charge is 0.266 e. The average molecular weight is 456 g/mol. The summed E-state index contributed by atoms with van der Waals surface area (Å²) in [6, 6.07) is 20.2. The number of carbonyl (C=O) groups excluding carboxylic acids is 1. The molecular formula is C24H19Cl2NO4. The summed E-state index contributed by atoms with van der Waals surface area (Å²) in [6.07, 6.45) is 0.101. The molecular weight excluding hydrogens is 437 g/mol. The molecule has 31 heavy (non-hydrogen) atoms. The molecule has 0 spiro atoms. The predicted molar refractivity (Wildman–Crippen MR) is 118 cm³/mol. The van der Waals surface area contributed by atoms with Crippen LogP contribution in [-0.4, -0.2) is 30.2 Å². The predicted octanol–water partition coefficient (Wildman–Crippen LogP) is 5.30. The summed E-state index contributed by atoms with van der Waals surface area (Å²) in [4.78, 5) is 14.9. The van der Waals surface area contributed by atoms with Gasteiger partial charge in [0.2, 0.25) is 12.9 Å². The first-order valence-electron chi connectivity index (χ1n) is 9.95. The molecule has 2 atom stereocenters. The van der Waals surface area contributed by atoms with Gasteiger partial charge in [-0.3, -0.25) is 4.79 Å². The lowest BCUT2D eigenvalue weighted by Gasteiger charge is -2.47. The van der Waals surface area contributed by atoms with Crippen molar-refractivity contribution in [2.45, 2.75) is 18.6 Å². The number of β-lactam (4-membered cyclic amide) rings is 1. The number of hydrogen-bond acceptors (Lipinski definition) is 4. The number of amides is 1. The maximum Gasteiger partial charge on any atom is 0.266 e. The fraction of sp³-hybridized carbons (Fsp3) is 0.208. The molecule has 0 aliphatic carbocycles. The summed E-state index contributed by atoms with van der Waals surface area (Å²) >= 11 is 12.0. The summed E-state index contributed by atoms with van der Waals surface area (Å²) in [5, 5.41) is 1.31. The van der Waals surface area contributed by atoms with Crippen LogP contribution in [0.25, 0.3) is 0 Å². The minimum absolute atomic E-state index is 0.0495. The highest BCUT2D eigenvalue weighted by molar-refractivity contribution is 6.30. The normalized spacial score (nSPS) is 19.3. The van der Waals surface area contributed by atoms with Gasteiger partial charge in [0.05, 0.1) is 0 Å². The molecule has 2 heterocycles. The van der Waals surface area contributed by atoms with Crippen molar-refractivity contribution in [3.63, 3.8) is 0 Å². The second kappa shape index (κ2) is 8.33. The van der Waals surface area contributed by atoms with E-state index in [9.17, 15) is 4.79 Å². The lowest BCUT2D eigenvalue weighted by molar-refractivity contribution is -0.164. The van der Waals surface area contributed by atoms with Gasteiger partial charge in [0.1, 0.15) is 11.8 Å². The summed E-state index contributed by atoms with van der Waals surface area (Å²) in [5.74, 6) is 1.94. The van der Waals surface area contributed by atoms with E-state index in [4.69, 9.17) is 37.4 Å². The molecule has 0 saturated carbocycles. The van der Waals surface area contributed by atoms with Crippen molar-refractivity contribution in [3.05, 3.63) is 87.9 Å². The van der Waals surface area contributed by atoms with Crippen LogP contribution in [0.5, 0.6) is 17.2 Å². The van der Waals surface area contributed by atoms with Gasteiger partial charge in [-0.25, -0.2) is 0 Å². The van der Waals surface area contributed by atoms with Crippen molar-refractivity contribution in [3.8, 4) is 17.2 Å². The van der Waals surface area contributed by atoms with Crippen LogP contribution in [0.3, 0.4) is 0 Å². The highest BCUT2D eigenvalue weighted by atomic mass is 35.5. The number of halogens is 2. The van der Waals surface area contributed by atoms with E-state index in [1.54, 1.807) is 24.3 Å². The van der Waals surface area contributed by atoms with Crippen molar-refractivity contribution in [1.82, 2.24) is 4.90 Å². The monoisotopic (exact) mass is 455 g/mol. The molecule has 0 N–H and O–H groups in total. The van der Waals surface area contributed by atoms with E-state index >= 15 is 0 Å². The molecule has 7 heteroatoms. The van der Waals surface area contributed by atoms with Gasteiger partial charge >= 0.3 is 0 Å². The third kappa shape index (κ3) is 4.03. The van der Waals surface area contributed by atoms with Crippen LogP contribution in [0.15, 0.2) is 66.7 Å². The Morgan fingerprint density at radius 2 is 1.58 bits per heavy atom. The molecule has 0 bridgehead atoms. The molecule has 3 aromatic rings. The van der Waals surface area contributed by atoms with Gasteiger partial charge in [-0.15, -0.1) is 0 Å². The van der Waals surface area contributed by atoms with E-state index in [2.05, 4.69) is 0 Å². The van der Waals surface area contributed by atoms with E-state index in [0.717, 1.165) is 17.5 Å². The quantitative estimate of drug-likeness (QED) is 0.473. The van der Waals surface area contributed by atoms with Crippen LogP contribution in [0, 0.1) is 0 Å². The topological polar surface area (TPSA) is 48.0 Å². The van der Waals surface area contributed by atoms with Gasteiger partial charge in [-0.2, -0.15) is 0 Å². The van der Waals surface area contributed by atoms with E-state index < -0.39 is 6.10 Å². The van der Waals surface area contributed by atoms with Crippen molar-refractivity contribution in [1.29, 1.82) is 0 Å². The first-order chi connectivity index (χ1) is 15.1. The molecule has 0 aromatic heterocycles. The largest absolute Gasteiger partial charge is 0.478 e. The molecule has 0 unspecified atom stereocenters. The van der Waals surface area contributed by atoms with E-state index in [1.165, 1.54) is 0 Å². The lowest BCUT2D eigenvalue weighted by Crippen LogP contribution is -2.61. The number of nitrogens with zero attached hydrogens (tertiary/aromatic N) is 1. The van der Waals surface area contributed by atoms with Crippen LogP contribution in [0.2, 0.25) is 10.0 Å². The average Bonchev–Trinajstić information content (AvgIpc) is 3.25. The maximum atomic E-state index is 13.0. The zero-order valence-corrected chi connectivity index (χ0v) is 18.0. The Hall–Kier alpha value is -2.89. The number of ether oxygens (including phenoxy) is 3. The highest BCUT2D eigenvalue weighted by Crippen LogP contribution is 2.42. The van der Waals surface area contributed by atoms with E-state index in [1.807, 2.05) is 47.4 Å². The first-order valence-corrected chi connectivity index (χ1v) is 10.7. The zero-order chi connectivity index (χ0) is 21.4. The summed E-state index contributed by atoms with van der Waals surface area (Å²) in [5.41, 5.74) is 2.06. The molecule has 1 fully saturated rings. The fourth-order valence-corrected chi connectivity index (χ4v) is 4.15. The maximum absolute atomic E-state index is 13.0. The molecule has 5 nitrogen and oxygen atoms in total. The Balaban J connectivity index is 1.39. The standard InChI is InChI=1S/C24H19Cl2NO4/c25-17-4-1-15(2-5-17)11-12-27-22(16-3-10-20-21(13-16)30-14-29-20)23(24(27)28)31-19-8-6-18(26)7-9-19/h1-10,13,22-23H,11-12,14H2/t22-,23+/m1/s1. The molecule has 5 rings (SSSR count). The summed E-state index contributed by atoms with van der Waals surface area (Å²) in [6.45, 7) is 0.771. The van der Waals surface area contributed by atoms with Crippen LogP contribution < -0.4 is 14.2 Å². The minimum atomic E-state index is -0.619. The van der Waals surface area contributed by atoms with Crippen LogP contribution >= 0.6 is 23.2 Å². The zero-order valence-electron chi connectivity index (χ0n) is 16.5. The van der Waals surface area contributed by atoms with Gasteiger partial charge in [-0.1, -0.05) is 41.4 Å². The number of rotatable bonds is 6. The van der Waals surface area contributed by atoms with Crippen LogP contribution in [-0.2, 0) is 11.2 Å². The summed E-state index contributed by atoms with van der Waals surface area (Å²) < 4.78 is 17.0. The molecule has 158 valence electrons. The number of hydrogen-bond donors (Lipinski definition) is 0. The minimum Gasteiger partial charge on any atom is -0.478 e. The van der Waals surface area contributed by atoms with Gasteiger partial charge in [0.15, 0.2) is 11.5 Å². The molecule has 2 aliphatic heterocycles. The SMILES string of the molecule is O=C1[C@@H](Oc2ccc(Cl)cc2)[C@@H](c2ccc3c(c2)OCO3)N1CCc1ccc(Cl)cc1. The number of likely N-dealkylation sites (tertiary alicyclic amines) is 1. The number of benzene rings is 3. The van der Waals surface area contributed by atoms with Crippen molar-refractivity contribution in [2.24, 2.45) is 0 Å². The lowest BCUT2D eigenvalue weighted by atomic mass is 9.89. The van der Waals surface area contributed by atoms with Gasteiger partial charge in [-0.05, 0) is 66.1 Å². The number of carbonyl (C=O) groups is 1. The van der Waals surface area contributed by atoms with Crippen LogP contribution in [0.1, 0.15) is 17.2 Å². The van der Waals surface area contributed by atoms with E-state index in [-0.39, 0.29) is 18.7 Å². The van der Waals surface area contributed by atoms with Gasteiger partial charge in [0, 0.05) is 16.6 Å².